The Morgan fingerprint density at radius 3 is 2.59 bits per heavy atom. The van der Waals surface area contributed by atoms with Crippen LogP contribution in [-0.2, 0) is 16.0 Å². The molecule has 0 fully saturated rings. The van der Waals surface area contributed by atoms with Crippen molar-refractivity contribution < 1.29 is 19.4 Å². The van der Waals surface area contributed by atoms with E-state index in [-0.39, 0.29) is 0 Å². The highest BCUT2D eigenvalue weighted by molar-refractivity contribution is 5.79. The van der Waals surface area contributed by atoms with Gasteiger partial charge in [0.05, 0.1) is 0 Å². The summed E-state index contributed by atoms with van der Waals surface area (Å²) >= 11 is 0. The molecule has 4 N–H and O–H groups in total. The minimum absolute atomic E-state index is 0.305. The van der Waals surface area contributed by atoms with Gasteiger partial charge in [-0.15, -0.1) is 0 Å². The number of carbonyl (C=O) groups is 2. The number of aliphatic carboxylic acids is 1. The number of carboxylic acids is 1. The third-order valence-corrected chi connectivity index (χ3v) is 2.79. The van der Waals surface area contributed by atoms with Crippen LogP contribution < -0.4 is 11.1 Å². The maximum atomic E-state index is 11.6. The fourth-order valence-electron chi connectivity index (χ4n) is 1.80. The molecule has 0 spiro atoms. The van der Waals surface area contributed by atoms with Gasteiger partial charge in [-0.1, -0.05) is 6.07 Å². The van der Waals surface area contributed by atoms with E-state index in [1.54, 1.807) is 33.0 Å². The lowest BCUT2D eigenvalue weighted by Crippen LogP contribution is -2.43. The zero-order valence-electron chi connectivity index (χ0n) is 13.1. The van der Waals surface area contributed by atoms with Gasteiger partial charge >= 0.3 is 12.1 Å². The molecule has 1 atom stereocenters. The smallest absolute Gasteiger partial charge is 0.408 e. The topological polar surface area (TPSA) is 115 Å². The lowest BCUT2D eigenvalue weighted by Gasteiger charge is -2.22. The predicted octanol–water partition coefficient (Wildman–Crippen LogP) is 1.96. The molecule has 1 heterocycles. The minimum Gasteiger partial charge on any atom is -0.480 e. The van der Waals surface area contributed by atoms with Crippen molar-refractivity contribution in [1.29, 1.82) is 0 Å². The predicted molar refractivity (Wildman–Crippen MR) is 82.4 cm³/mol. The molecule has 1 aromatic heterocycles. The van der Waals surface area contributed by atoms with Gasteiger partial charge in [0.2, 0.25) is 0 Å². The van der Waals surface area contributed by atoms with Crippen LogP contribution in [0, 0.1) is 0 Å². The molecule has 0 aliphatic heterocycles. The minimum atomic E-state index is -1.08. The summed E-state index contributed by atoms with van der Waals surface area (Å²) in [6.07, 6.45) is 2.49. The second kappa shape index (κ2) is 7.63. The molecule has 0 aliphatic carbocycles. The second-order valence-electron chi connectivity index (χ2n) is 6.02. The molecule has 0 aromatic carbocycles. The van der Waals surface area contributed by atoms with Gasteiger partial charge in [-0.05, 0) is 51.7 Å². The molecule has 1 amide bonds. The lowest BCUT2D eigenvalue weighted by molar-refractivity contribution is -0.139. The normalized spacial score (nSPS) is 12.5. The molecular weight excluding hydrogens is 286 g/mol. The Bertz CT molecular complexity index is 509. The standard InChI is InChI=1S/C15H23N3O4/c1-15(2,3)22-14(21)18-11(13(19)20)6-4-5-10-7-8-12(16)17-9-10/h7-9,11H,4-6H2,1-3H3,(H2,16,17)(H,18,21)(H,19,20)/t11-/m0/s1. The van der Waals surface area contributed by atoms with Crippen molar-refractivity contribution in [2.75, 3.05) is 5.73 Å². The van der Waals surface area contributed by atoms with Gasteiger partial charge in [-0.25, -0.2) is 14.6 Å². The number of rotatable bonds is 6. The number of pyridine rings is 1. The highest BCUT2D eigenvalue weighted by Crippen LogP contribution is 2.10. The van der Waals surface area contributed by atoms with E-state index in [0.29, 0.717) is 25.1 Å². The Hall–Kier alpha value is -2.31. The monoisotopic (exact) mass is 309 g/mol. The fraction of sp³-hybridized carbons (Fsp3) is 0.533. The molecule has 7 nitrogen and oxygen atoms in total. The average Bonchev–Trinajstić information content (AvgIpc) is 2.37. The number of aryl methyl sites for hydroxylation is 1. The molecule has 0 saturated heterocycles. The molecule has 7 heteroatoms. The summed E-state index contributed by atoms with van der Waals surface area (Å²) < 4.78 is 5.06. The van der Waals surface area contributed by atoms with E-state index < -0.39 is 23.7 Å². The molecule has 122 valence electrons. The summed E-state index contributed by atoms with van der Waals surface area (Å²) in [5, 5.41) is 11.5. The number of alkyl carbamates (subject to hydrolysis) is 1. The number of hydrogen-bond acceptors (Lipinski definition) is 5. The van der Waals surface area contributed by atoms with Crippen molar-refractivity contribution in [2.45, 2.75) is 51.7 Å². The first-order valence-electron chi connectivity index (χ1n) is 7.10. The average molecular weight is 309 g/mol. The van der Waals surface area contributed by atoms with Crippen molar-refractivity contribution >= 4 is 17.9 Å². The van der Waals surface area contributed by atoms with Gasteiger partial charge in [0, 0.05) is 6.20 Å². The summed E-state index contributed by atoms with van der Waals surface area (Å²) in [7, 11) is 0. The van der Waals surface area contributed by atoms with E-state index in [1.807, 2.05) is 6.07 Å². The molecular formula is C15H23N3O4. The van der Waals surface area contributed by atoms with Crippen molar-refractivity contribution in [1.82, 2.24) is 10.3 Å². The van der Waals surface area contributed by atoms with Crippen LogP contribution >= 0.6 is 0 Å². The molecule has 0 aliphatic rings. The first-order chi connectivity index (χ1) is 10.2. The van der Waals surface area contributed by atoms with E-state index in [4.69, 9.17) is 15.6 Å². The lowest BCUT2D eigenvalue weighted by atomic mass is 10.1. The maximum Gasteiger partial charge on any atom is 0.408 e. The summed E-state index contributed by atoms with van der Waals surface area (Å²) in [5.74, 6) is -0.639. The van der Waals surface area contributed by atoms with Gasteiger partial charge in [-0.3, -0.25) is 0 Å². The van der Waals surface area contributed by atoms with Crippen LogP contribution in [0.4, 0.5) is 10.6 Å². The van der Waals surface area contributed by atoms with Crippen molar-refractivity contribution in [3.05, 3.63) is 23.9 Å². The number of nitrogen functional groups attached to an aromatic ring is 1. The van der Waals surface area contributed by atoms with E-state index in [0.717, 1.165) is 5.56 Å². The summed E-state index contributed by atoms with van der Waals surface area (Å²) in [6, 6.07) is 2.57. The van der Waals surface area contributed by atoms with E-state index >= 15 is 0 Å². The molecule has 0 unspecified atom stereocenters. The first kappa shape index (κ1) is 17.7. The number of carboxylic acid groups (broad SMARTS) is 1. The Morgan fingerprint density at radius 1 is 1.41 bits per heavy atom. The number of ether oxygens (including phenoxy) is 1. The van der Waals surface area contributed by atoms with Crippen molar-refractivity contribution in [2.24, 2.45) is 0 Å². The van der Waals surface area contributed by atoms with E-state index in [1.165, 1.54) is 0 Å². The van der Waals surface area contributed by atoms with Gasteiger partial charge in [0.25, 0.3) is 0 Å². The third kappa shape index (κ3) is 6.92. The SMILES string of the molecule is CC(C)(C)OC(=O)N[C@@H](CCCc1ccc(N)nc1)C(=O)O. The molecule has 0 radical (unpaired) electrons. The van der Waals surface area contributed by atoms with Gasteiger partial charge in [-0.2, -0.15) is 0 Å². The number of amides is 1. The Kier molecular flexibility index (Phi) is 6.15. The summed E-state index contributed by atoms with van der Waals surface area (Å²) in [5.41, 5.74) is 5.80. The van der Waals surface area contributed by atoms with Crippen molar-refractivity contribution in [3.8, 4) is 0 Å². The quantitative estimate of drug-likeness (QED) is 0.740. The van der Waals surface area contributed by atoms with Crippen molar-refractivity contribution in [3.63, 3.8) is 0 Å². The molecule has 0 bridgehead atoms. The van der Waals surface area contributed by atoms with Crippen LogP contribution in [0.2, 0.25) is 0 Å². The number of hydrogen-bond donors (Lipinski definition) is 3. The zero-order valence-corrected chi connectivity index (χ0v) is 13.1. The first-order valence-corrected chi connectivity index (χ1v) is 7.10. The largest absolute Gasteiger partial charge is 0.480 e. The highest BCUT2D eigenvalue weighted by atomic mass is 16.6. The Labute approximate surface area is 129 Å². The highest BCUT2D eigenvalue weighted by Gasteiger charge is 2.23. The number of aromatic nitrogens is 1. The number of carbonyl (C=O) groups excluding carboxylic acids is 1. The van der Waals surface area contributed by atoms with Crippen LogP contribution in [0.3, 0.4) is 0 Å². The van der Waals surface area contributed by atoms with E-state index in [9.17, 15) is 9.59 Å². The van der Waals surface area contributed by atoms with Crippen LogP contribution in [0.5, 0.6) is 0 Å². The van der Waals surface area contributed by atoms with Crippen LogP contribution in [-0.4, -0.2) is 33.8 Å². The summed E-state index contributed by atoms with van der Waals surface area (Å²) in [6.45, 7) is 5.16. The van der Waals surface area contributed by atoms with Crippen LogP contribution in [0.15, 0.2) is 18.3 Å². The van der Waals surface area contributed by atoms with Gasteiger partial charge < -0.3 is 20.9 Å². The Morgan fingerprint density at radius 2 is 2.09 bits per heavy atom. The second-order valence-corrected chi connectivity index (χ2v) is 6.02. The molecule has 22 heavy (non-hydrogen) atoms. The maximum absolute atomic E-state index is 11.6. The number of nitrogens with two attached hydrogens (primary N) is 1. The van der Waals surface area contributed by atoms with Crippen LogP contribution in [0.25, 0.3) is 0 Å². The van der Waals surface area contributed by atoms with Crippen LogP contribution in [0.1, 0.15) is 39.2 Å². The van der Waals surface area contributed by atoms with Gasteiger partial charge in [0.1, 0.15) is 17.5 Å². The third-order valence-electron chi connectivity index (χ3n) is 2.79. The Balaban J connectivity index is 2.46. The molecule has 0 saturated carbocycles. The molecule has 1 rings (SSSR count). The zero-order chi connectivity index (χ0) is 16.8. The summed E-state index contributed by atoms with van der Waals surface area (Å²) in [4.78, 5) is 26.8. The number of anilines is 1. The molecule has 1 aromatic rings. The van der Waals surface area contributed by atoms with Gasteiger partial charge in [0.15, 0.2) is 0 Å². The fourth-order valence-corrected chi connectivity index (χ4v) is 1.80. The van der Waals surface area contributed by atoms with E-state index in [2.05, 4.69) is 10.3 Å². The number of nitrogens with one attached hydrogen (secondary N) is 1. The number of nitrogens with zero attached hydrogens (tertiary/aromatic N) is 1.